The molecule has 5 nitrogen and oxygen atoms in total. The summed E-state index contributed by atoms with van der Waals surface area (Å²) in [4.78, 5) is 27.8. The summed E-state index contributed by atoms with van der Waals surface area (Å²) in [5.74, 6) is -1.13. The number of carboxylic acid groups (broad SMARTS) is 1. The van der Waals surface area contributed by atoms with Gasteiger partial charge >= 0.3 is 5.97 Å². The highest BCUT2D eigenvalue weighted by Crippen LogP contribution is 2.24. The van der Waals surface area contributed by atoms with Crippen LogP contribution in [-0.2, 0) is 16.0 Å². The fourth-order valence-corrected chi connectivity index (χ4v) is 3.15. The SMILES string of the molecule is Cc1ccc(-c2nc(CC(=O)N[C@@H](CC(C)C)C(=O)O)cs2)cc1. The first-order valence-electron chi connectivity index (χ1n) is 7.88. The maximum Gasteiger partial charge on any atom is 0.326 e. The van der Waals surface area contributed by atoms with Gasteiger partial charge in [-0.15, -0.1) is 11.3 Å². The van der Waals surface area contributed by atoms with Crippen LogP contribution in [-0.4, -0.2) is 28.0 Å². The first-order valence-corrected chi connectivity index (χ1v) is 8.76. The molecule has 24 heavy (non-hydrogen) atoms. The van der Waals surface area contributed by atoms with Gasteiger partial charge in [-0.05, 0) is 19.3 Å². The maximum atomic E-state index is 12.1. The molecule has 1 aromatic heterocycles. The van der Waals surface area contributed by atoms with E-state index in [9.17, 15) is 14.7 Å². The van der Waals surface area contributed by atoms with Gasteiger partial charge in [-0.3, -0.25) is 4.79 Å². The van der Waals surface area contributed by atoms with Crippen molar-refractivity contribution >= 4 is 23.2 Å². The number of carbonyl (C=O) groups excluding carboxylic acids is 1. The van der Waals surface area contributed by atoms with Crippen LogP contribution in [0.15, 0.2) is 29.6 Å². The Kier molecular flexibility index (Phi) is 6.09. The topological polar surface area (TPSA) is 79.3 Å². The number of rotatable bonds is 7. The molecule has 2 rings (SSSR count). The molecule has 0 saturated heterocycles. The standard InChI is InChI=1S/C18H22N2O3S/c1-11(2)8-15(18(22)23)20-16(21)9-14-10-24-17(19-14)13-6-4-12(3)5-7-13/h4-7,10-11,15H,8-9H2,1-3H3,(H,20,21)(H,22,23)/t15-/m0/s1. The first kappa shape index (κ1) is 18.1. The molecule has 6 heteroatoms. The third kappa shape index (κ3) is 5.16. The second kappa shape index (κ2) is 8.06. The summed E-state index contributed by atoms with van der Waals surface area (Å²) in [5, 5.41) is 14.5. The van der Waals surface area contributed by atoms with Crippen LogP contribution in [0.4, 0.5) is 0 Å². The first-order chi connectivity index (χ1) is 11.3. The van der Waals surface area contributed by atoms with Crippen LogP contribution in [0.1, 0.15) is 31.5 Å². The molecule has 1 heterocycles. The number of benzene rings is 1. The Morgan fingerprint density at radius 3 is 2.50 bits per heavy atom. The van der Waals surface area contributed by atoms with Crippen LogP contribution in [0.25, 0.3) is 10.6 Å². The van der Waals surface area contributed by atoms with E-state index in [0.717, 1.165) is 10.6 Å². The van der Waals surface area contributed by atoms with Gasteiger partial charge in [-0.2, -0.15) is 0 Å². The molecule has 0 aliphatic heterocycles. The number of aliphatic carboxylic acids is 1. The maximum absolute atomic E-state index is 12.1. The van der Waals surface area contributed by atoms with E-state index in [1.54, 1.807) is 0 Å². The summed E-state index contributed by atoms with van der Waals surface area (Å²) in [6.45, 7) is 5.88. The number of carbonyl (C=O) groups is 2. The van der Waals surface area contributed by atoms with Crippen molar-refractivity contribution in [1.82, 2.24) is 10.3 Å². The third-order valence-electron chi connectivity index (χ3n) is 3.53. The van der Waals surface area contributed by atoms with Gasteiger partial charge in [-0.1, -0.05) is 43.7 Å². The van der Waals surface area contributed by atoms with Crippen molar-refractivity contribution in [3.05, 3.63) is 40.9 Å². The van der Waals surface area contributed by atoms with Crippen molar-refractivity contribution in [2.45, 2.75) is 39.7 Å². The number of nitrogens with one attached hydrogen (secondary N) is 1. The molecule has 1 amide bonds. The fraction of sp³-hybridized carbons (Fsp3) is 0.389. The average Bonchev–Trinajstić information content (AvgIpc) is 2.95. The smallest absolute Gasteiger partial charge is 0.326 e. The van der Waals surface area contributed by atoms with Crippen LogP contribution >= 0.6 is 11.3 Å². The second-order valence-electron chi connectivity index (χ2n) is 6.27. The normalized spacial score (nSPS) is 12.2. The molecule has 0 spiro atoms. The lowest BCUT2D eigenvalue weighted by Crippen LogP contribution is -2.42. The molecule has 0 unspecified atom stereocenters. The van der Waals surface area contributed by atoms with Crippen LogP contribution in [0.2, 0.25) is 0 Å². The van der Waals surface area contributed by atoms with Gasteiger partial charge in [-0.25, -0.2) is 9.78 Å². The van der Waals surface area contributed by atoms with Gasteiger partial charge < -0.3 is 10.4 Å². The summed E-state index contributed by atoms with van der Waals surface area (Å²) in [7, 11) is 0. The van der Waals surface area contributed by atoms with Crippen molar-refractivity contribution in [3.8, 4) is 10.6 Å². The molecular formula is C18H22N2O3S. The Morgan fingerprint density at radius 1 is 1.25 bits per heavy atom. The van der Waals surface area contributed by atoms with Gasteiger partial charge in [0.25, 0.3) is 0 Å². The number of aryl methyl sites for hydroxylation is 1. The molecule has 0 radical (unpaired) electrons. The van der Waals surface area contributed by atoms with Gasteiger partial charge in [0.05, 0.1) is 12.1 Å². The number of hydrogen-bond donors (Lipinski definition) is 2. The predicted molar refractivity (Wildman–Crippen MR) is 95.0 cm³/mol. The predicted octanol–water partition coefficient (Wildman–Crippen LogP) is 3.28. The summed E-state index contributed by atoms with van der Waals surface area (Å²) in [6, 6.07) is 7.19. The lowest BCUT2D eigenvalue weighted by atomic mass is 10.0. The largest absolute Gasteiger partial charge is 0.480 e. The van der Waals surface area contributed by atoms with E-state index in [4.69, 9.17) is 0 Å². The highest BCUT2D eigenvalue weighted by Gasteiger charge is 2.21. The Bertz CT molecular complexity index is 707. The number of hydrogen-bond acceptors (Lipinski definition) is 4. The summed E-state index contributed by atoms with van der Waals surface area (Å²) < 4.78 is 0. The third-order valence-corrected chi connectivity index (χ3v) is 4.47. The van der Waals surface area contributed by atoms with E-state index in [0.29, 0.717) is 12.1 Å². The van der Waals surface area contributed by atoms with Gasteiger partial charge in [0.1, 0.15) is 11.0 Å². The highest BCUT2D eigenvalue weighted by molar-refractivity contribution is 7.13. The van der Waals surface area contributed by atoms with E-state index in [1.165, 1.54) is 16.9 Å². The van der Waals surface area contributed by atoms with Gasteiger partial charge in [0.15, 0.2) is 0 Å². The van der Waals surface area contributed by atoms with Gasteiger partial charge in [0, 0.05) is 10.9 Å². The molecule has 0 fully saturated rings. The van der Waals surface area contributed by atoms with E-state index < -0.39 is 12.0 Å². The number of carboxylic acids is 1. The van der Waals surface area contributed by atoms with Crippen molar-refractivity contribution in [1.29, 1.82) is 0 Å². The molecule has 0 aliphatic rings. The van der Waals surface area contributed by atoms with E-state index in [2.05, 4.69) is 10.3 Å². The Balaban J connectivity index is 1.99. The zero-order chi connectivity index (χ0) is 17.7. The molecule has 2 N–H and O–H groups in total. The summed E-state index contributed by atoms with van der Waals surface area (Å²) in [6.07, 6.45) is 0.497. The Morgan fingerprint density at radius 2 is 1.92 bits per heavy atom. The van der Waals surface area contributed by atoms with Crippen LogP contribution in [0.5, 0.6) is 0 Å². The average molecular weight is 346 g/mol. The molecule has 1 atom stereocenters. The lowest BCUT2D eigenvalue weighted by molar-refractivity contribution is -0.142. The van der Waals surface area contributed by atoms with Crippen LogP contribution in [0.3, 0.4) is 0 Å². The quantitative estimate of drug-likeness (QED) is 0.806. The lowest BCUT2D eigenvalue weighted by Gasteiger charge is -2.16. The van der Waals surface area contributed by atoms with E-state index in [1.807, 2.05) is 50.4 Å². The monoisotopic (exact) mass is 346 g/mol. The van der Waals surface area contributed by atoms with Crippen molar-refractivity contribution in [2.24, 2.45) is 5.92 Å². The molecule has 2 aromatic rings. The molecule has 128 valence electrons. The highest BCUT2D eigenvalue weighted by atomic mass is 32.1. The van der Waals surface area contributed by atoms with Gasteiger partial charge in [0.2, 0.25) is 5.91 Å². The van der Waals surface area contributed by atoms with Crippen molar-refractivity contribution < 1.29 is 14.7 Å². The molecule has 0 saturated carbocycles. The van der Waals surface area contributed by atoms with E-state index >= 15 is 0 Å². The minimum Gasteiger partial charge on any atom is -0.480 e. The number of thiazole rings is 1. The van der Waals surface area contributed by atoms with E-state index in [-0.39, 0.29) is 18.2 Å². The number of aromatic nitrogens is 1. The molecule has 0 bridgehead atoms. The van der Waals surface area contributed by atoms with Crippen LogP contribution < -0.4 is 5.32 Å². The Hall–Kier alpha value is -2.21. The zero-order valence-corrected chi connectivity index (χ0v) is 14.9. The second-order valence-corrected chi connectivity index (χ2v) is 7.13. The molecule has 0 aliphatic carbocycles. The number of amides is 1. The summed E-state index contributed by atoms with van der Waals surface area (Å²) >= 11 is 1.48. The number of nitrogens with zero attached hydrogens (tertiary/aromatic N) is 1. The fourth-order valence-electron chi connectivity index (χ4n) is 2.32. The van der Waals surface area contributed by atoms with Crippen molar-refractivity contribution in [3.63, 3.8) is 0 Å². The Labute approximate surface area is 145 Å². The molecule has 1 aromatic carbocycles. The minimum atomic E-state index is -1.00. The van der Waals surface area contributed by atoms with Crippen LogP contribution in [0, 0.1) is 12.8 Å². The zero-order valence-electron chi connectivity index (χ0n) is 14.1. The summed E-state index contributed by atoms with van der Waals surface area (Å²) in [5.41, 5.74) is 2.85. The molecular weight excluding hydrogens is 324 g/mol. The van der Waals surface area contributed by atoms with Crippen molar-refractivity contribution in [2.75, 3.05) is 0 Å². The minimum absolute atomic E-state index is 0.0875.